The van der Waals surface area contributed by atoms with Crippen LogP contribution in [0.4, 0.5) is 0 Å². The SMILES string of the molecule is O=C(O)C(O)C1CCC(O)CC1. The second kappa shape index (κ2) is 3.87. The highest BCUT2D eigenvalue weighted by atomic mass is 16.4. The molecule has 4 heteroatoms. The van der Waals surface area contributed by atoms with Crippen LogP contribution in [-0.4, -0.2) is 33.5 Å². The fourth-order valence-corrected chi connectivity index (χ4v) is 1.62. The topological polar surface area (TPSA) is 77.8 Å². The lowest BCUT2D eigenvalue weighted by Gasteiger charge is -2.26. The quantitative estimate of drug-likeness (QED) is 0.550. The van der Waals surface area contributed by atoms with Gasteiger partial charge in [-0.2, -0.15) is 0 Å². The maximum absolute atomic E-state index is 10.4. The molecule has 0 amide bonds. The number of carboxylic acids is 1. The van der Waals surface area contributed by atoms with Gasteiger partial charge in [0.15, 0.2) is 6.10 Å². The van der Waals surface area contributed by atoms with Crippen LogP contribution >= 0.6 is 0 Å². The monoisotopic (exact) mass is 174 g/mol. The van der Waals surface area contributed by atoms with Crippen molar-refractivity contribution in [3.63, 3.8) is 0 Å². The van der Waals surface area contributed by atoms with E-state index in [2.05, 4.69) is 0 Å². The summed E-state index contributed by atoms with van der Waals surface area (Å²) in [6, 6.07) is 0. The van der Waals surface area contributed by atoms with E-state index in [9.17, 15) is 4.79 Å². The maximum Gasteiger partial charge on any atom is 0.332 e. The number of hydrogen-bond acceptors (Lipinski definition) is 3. The van der Waals surface area contributed by atoms with Crippen molar-refractivity contribution in [2.45, 2.75) is 37.9 Å². The Labute approximate surface area is 70.8 Å². The van der Waals surface area contributed by atoms with E-state index in [0.717, 1.165) is 0 Å². The summed E-state index contributed by atoms with van der Waals surface area (Å²) in [6.45, 7) is 0. The predicted molar refractivity (Wildman–Crippen MR) is 41.6 cm³/mol. The number of rotatable bonds is 2. The van der Waals surface area contributed by atoms with Gasteiger partial charge in [0.2, 0.25) is 0 Å². The molecule has 0 saturated heterocycles. The molecule has 0 aromatic carbocycles. The Morgan fingerprint density at radius 3 is 2.17 bits per heavy atom. The first-order valence-electron chi connectivity index (χ1n) is 4.20. The molecule has 0 spiro atoms. The first kappa shape index (κ1) is 9.48. The van der Waals surface area contributed by atoms with E-state index in [1.54, 1.807) is 0 Å². The molecule has 4 nitrogen and oxygen atoms in total. The molecule has 0 aromatic heterocycles. The van der Waals surface area contributed by atoms with Crippen LogP contribution in [0.2, 0.25) is 0 Å². The Morgan fingerprint density at radius 2 is 1.75 bits per heavy atom. The van der Waals surface area contributed by atoms with Gasteiger partial charge in [0.25, 0.3) is 0 Å². The Morgan fingerprint density at radius 1 is 1.25 bits per heavy atom. The van der Waals surface area contributed by atoms with Crippen LogP contribution in [0.5, 0.6) is 0 Å². The lowest BCUT2D eigenvalue weighted by atomic mass is 9.84. The number of aliphatic hydroxyl groups is 2. The summed E-state index contributed by atoms with van der Waals surface area (Å²) in [5.41, 5.74) is 0. The molecular weight excluding hydrogens is 160 g/mol. The fourth-order valence-electron chi connectivity index (χ4n) is 1.62. The smallest absolute Gasteiger partial charge is 0.332 e. The molecule has 1 saturated carbocycles. The summed E-state index contributed by atoms with van der Waals surface area (Å²) >= 11 is 0. The minimum absolute atomic E-state index is 0.175. The Balaban J connectivity index is 2.39. The predicted octanol–water partition coefficient (Wildman–Crippen LogP) is -0.0170. The third kappa shape index (κ3) is 2.19. The highest BCUT2D eigenvalue weighted by Crippen LogP contribution is 2.26. The molecule has 1 rings (SSSR count). The van der Waals surface area contributed by atoms with Crippen LogP contribution in [-0.2, 0) is 4.79 Å². The second-order valence-electron chi connectivity index (χ2n) is 3.35. The summed E-state index contributed by atoms with van der Waals surface area (Å²) in [6.07, 6.45) is 0.868. The average Bonchev–Trinajstić information content (AvgIpc) is 2.04. The molecule has 1 unspecified atom stereocenters. The van der Waals surface area contributed by atoms with Gasteiger partial charge in [-0.25, -0.2) is 4.79 Å². The summed E-state index contributed by atoms with van der Waals surface area (Å²) < 4.78 is 0. The van der Waals surface area contributed by atoms with E-state index >= 15 is 0 Å². The van der Waals surface area contributed by atoms with Crippen LogP contribution in [0, 0.1) is 5.92 Å². The second-order valence-corrected chi connectivity index (χ2v) is 3.35. The van der Waals surface area contributed by atoms with E-state index in [1.807, 2.05) is 0 Å². The Kier molecular flexibility index (Phi) is 3.05. The van der Waals surface area contributed by atoms with Crippen LogP contribution in [0.1, 0.15) is 25.7 Å². The molecule has 0 radical (unpaired) electrons. The highest BCUT2D eigenvalue weighted by molar-refractivity contribution is 5.72. The van der Waals surface area contributed by atoms with Gasteiger partial charge in [0.05, 0.1) is 6.10 Å². The number of carbonyl (C=O) groups is 1. The number of aliphatic hydroxyl groups excluding tert-OH is 2. The molecule has 1 fully saturated rings. The summed E-state index contributed by atoms with van der Waals surface area (Å²) in [7, 11) is 0. The van der Waals surface area contributed by atoms with E-state index in [4.69, 9.17) is 15.3 Å². The van der Waals surface area contributed by atoms with Crippen LogP contribution < -0.4 is 0 Å². The lowest BCUT2D eigenvalue weighted by Crippen LogP contribution is -2.33. The van der Waals surface area contributed by atoms with E-state index in [-0.39, 0.29) is 12.0 Å². The van der Waals surface area contributed by atoms with Crippen molar-refractivity contribution in [3.8, 4) is 0 Å². The zero-order valence-corrected chi connectivity index (χ0v) is 6.81. The van der Waals surface area contributed by atoms with Crippen molar-refractivity contribution in [1.29, 1.82) is 0 Å². The van der Waals surface area contributed by atoms with Gasteiger partial charge in [-0.3, -0.25) is 0 Å². The van der Waals surface area contributed by atoms with Crippen LogP contribution in [0.3, 0.4) is 0 Å². The largest absolute Gasteiger partial charge is 0.479 e. The van der Waals surface area contributed by atoms with Gasteiger partial charge >= 0.3 is 5.97 Å². The van der Waals surface area contributed by atoms with Crippen molar-refractivity contribution in [2.24, 2.45) is 5.92 Å². The molecule has 0 aliphatic heterocycles. The molecule has 0 aromatic rings. The maximum atomic E-state index is 10.4. The number of carboxylic acid groups (broad SMARTS) is 1. The zero-order valence-electron chi connectivity index (χ0n) is 6.81. The molecule has 3 N–H and O–H groups in total. The standard InChI is InChI=1S/C8H14O4/c9-6-3-1-5(2-4-6)7(10)8(11)12/h5-7,9-10H,1-4H2,(H,11,12). The van der Waals surface area contributed by atoms with Gasteiger partial charge in [-0.05, 0) is 31.6 Å². The van der Waals surface area contributed by atoms with Crippen LogP contribution in [0.15, 0.2) is 0 Å². The minimum atomic E-state index is -1.25. The third-order valence-electron chi connectivity index (χ3n) is 2.44. The van der Waals surface area contributed by atoms with Gasteiger partial charge in [0, 0.05) is 0 Å². The molecule has 0 bridgehead atoms. The third-order valence-corrected chi connectivity index (χ3v) is 2.44. The number of hydrogen-bond donors (Lipinski definition) is 3. The van der Waals surface area contributed by atoms with Gasteiger partial charge in [-0.15, -0.1) is 0 Å². The van der Waals surface area contributed by atoms with Crippen molar-refractivity contribution in [1.82, 2.24) is 0 Å². The molecule has 70 valence electrons. The van der Waals surface area contributed by atoms with Gasteiger partial charge in [-0.1, -0.05) is 0 Å². The normalized spacial score (nSPS) is 32.8. The lowest BCUT2D eigenvalue weighted by molar-refractivity contribution is -0.150. The molecule has 1 atom stereocenters. The molecule has 0 heterocycles. The molecule has 1 aliphatic carbocycles. The van der Waals surface area contributed by atoms with Gasteiger partial charge < -0.3 is 15.3 Å². The summed E-state index contributed by atoms with van der Waals surface area (Å²) in [5.74, 6) is -1.33. The molecular formula is C8H14O4. The minimum Gasteiger partial charge on any atom is -0.479 e. The van der Waals surface area contributed by atoms with Crippen molar-refractivity contribution < 1.29 is 20.1 Å². The zero-order chi connectivity index (χ0) is 9.14. The van der Waals surface area contributed by atoms with E-state index in [0.29, 0.717) is 25.7 Å². The van der Waals surface area contributed by atoms with Gasteiger partial charge in [0.1, 0.15) is 0 Å². The van der Waals surface area contributed by atoms with Crippen molar-refractivity contribution in [2.75, 3.05) is 0 Å². The average molecular weight is 174 g/mol. The Hall–Kier alpha value is -0.610. The first-order valence-corrected chi connectivity index (χ1v) is 4.20. The molecule has 12 heavy (non-hydrogen) atoms. The van der Waals surface area contributed by atoms with Crippen molar-refractivity contribution >= 4 is 5.97 Å². The summed E-state index contributed by atoms with van der Waals surface area (Å²) in [4.78, 5) is 10.4. The number of aliphatic carboxylic acids is 1. The van der Waals surface area contributed by atoms with E-state index < -0.39 is 12.1 Å². The molecule has 1 aliphatic rings. The Bertz CT molecular complexity index is 160. The first-order chi connectivity index (χ1) is 5.61. The van der Waals surface area contributed by atoms with Crippen molar-refractivity contribution in [3.05, 3.63) is 0 Å². The fraction of sp³-hybridized carbons (Fsp3) is 0.875. The van der Waals surface area contributed by atoms with E-state index in [1.165, 1.54) is 0 Å². The summed E-state index contributed by atoms with van der Waals surface area (Å²) in [5, 5.41) is 26.8. The van der Waals surface area contributed by atoms with Crippen LogP contribution in [0.25, 0.3) is 0 Å². The highest BCUT2D eigenvalue weighted by Gasteiger charge is 2.29.